The summed E-state index contributed by atoms with van der Waals surface area (Å²) in [5, 5.41) is 10.3. The lowest BCUT2D eigenvalue weighted by Crippen LogP contribution is -2.33. The summed E-state index contributed by atoms with van der Waals surface area (Å²) in [6.45, 7) is 0.371. The van der Waals surface area contributed by atoms with E-state index in [4.69, 9.17) is 0 Å². The molecule has 0 amide bonds. The maximum absolute atomic E-state index is 12.6. The minimum atomic E-state index is -3.58. The quantitative estimate of drug-likeness (QED) is 0.904. The predicted molar refractivity (Wildman–Crippen MR) is 84.9 cm³/mol. The topological polar surface area (TPSA) is 79.3 Å². The van der Waals surface area contributed by atoms with E-state index in [0.717, 1.165) is 19.3 Å². The molecule has 0 aliphatic heterocycles. The summed E-state index contributed by atoms with van der Waals surface area (Å²) in [6.07, 6.45) is 4.74. The Hall–Kier alpha value is -1.50. The van der Waals surface area contributed by atoms with Gasteiger partial charge in [-0.15, -0.1) is 0 Å². The molecule has 0 spiro atoms. The third kappa shape index (κ3) is 3.29. The van der Waals surface area contributed by atoms with Crippen LogP contribution in [0.3, 0.4) is 0 Å². The van der Waals surface area contributed by atoms with Crippen molar-refractivity contribution in [2.24, 2.45) is 5.92 Å². The van der Waals surface area contributed by atoms with Gasteiger partial charge in [-0.3, -0.25) is 4.98 Å². The number of aromatic nitrogens is 1. The van der Waals surface area contributed by atoms with Crippen LogP contribution in [-0.2, 0) is 10.0 Å². The number of aliphatic hydroxyl groups excluding tert-OH is 1. The molecule has 0 radical (unpaired) electrons. The number of sulfonamides is 1. The highest BCUT2D eigenvalue weighted by atomic mass is 32.2. The van der Waals surface area contributed by atoms with Crippen molar-refractivity contribution in [2.45, 2.75) is 36.7 Å². The van der Waals surface area contributed by atoms with Gasteiger partial charge in [0.2, 0.25) is 10.0 Å². The largest absolute Gasteiger partial charge is 0.393 e. The van der Waals surface area contributed by atoms with Crippen molar-refractivity contribution >= 4 is 20.9 Å². The highest BCUT2D eigenvalue weighted by Gasteiger charge is 2.23. The third-order valence-electron chi connectivity index (χ3n) is 4.21. The first-order chi connectivity index (χ1) is 10.6. The second kappa shape index (κ2) is 6.32. The molecule has 1 saturated carbocycles. The summed E-state index contributed by atoms with van der Waals surface area (Å²) >= 11 is 0. The molecule has 1 aliphatic rings. The Balaban J connectivity index is 1.80. The molecule has 0 bridgehead atoms. The highest BCUT2D eigenvalue weighted by Crippen LogP contribution is 2.25. The van der Waals surface area contributed by atoms with E-state index in [-0.39, 0.29) is 16.9 Å². The van der Waals surface area contributed by atoms with Crippen LogP contribution < -0.4 is 4.72 Å². The Bertz CT molecular complexity index is 756. The highest BCUT2D eigenvalue weighted by molar-refractivity contribution is 7.89. The number of nitrogens with zero attached hydrogens (tertiary/aromatic N) is 1. The van der Waals surface area contributed by atoms with Gasteiger partial charge in [0.05, 0.1) is 16.5 Å². The number of nitrogens with one attached hydrogen (secondary N) is 1. The van der Waals surface area contributed by atoms with E-state index in [0.29, 0.717) is 23.9 Å². The third-order valence-corrected chi connectivity index (χ3v) is 5.69. The van der Waals surface area contributed by atoms with Crippen LogP contribution in [0.2, 0.25) is 0 Å². The van der Waals surface area contributed by atoms with Crippen LogP contribution in [-0.4, -0.2) is 31.2 Å². The van der Waals surface area contributed by atoms with E-state index in [1.165, 1.54) is 0 Å². The molecule has 118 valence electrons. The summed E-state index contributed by atoms with van der Waals surface area (Å²) in [7, 11) is -3.58. The van der Waals surface area contributed by atoms with Gasteiger partial charge in [-0.25, -0.2) is 13.1 Å². The van der Waals surface area contributed by atoms with Crippen LogP contribution in [0.4, 0.5) is 0 Å². The fraction of sp³-hybridized carbons (Fsp3) is 0.438. The molecule has 1 heterocycles. The van der Waals surface area contributed by atoms with Gasteiger partial charge >= 0.3 is 0 Å². The van der Waals surface area contributed by atoms with Crippen molar-refractivity contribution in [3.8, 4) is 0 Å². The van der Waals surface area contributed by atoms with E-state index in [1.807, 2.05) is 0 Å². The molecule has 1 aromatic carbocycles. The monoisotopic (exact) mass is 320 g/mol. The van der Waals surface area contributed by atoms with Crippen molar-refractivity contribution in [2.75, 3.05) is 6.54 Å². The van der Waals surface area contributed by atoms with Gasteiger partial charge in [-0.05, 0) is 49.4 Å². The zero-order valence-electron chi connectivity index (χ0n) is 12.3. The molecule has 1 aliphatic carbocycles. The first-order valence-corrected chi connectivity index (χ1v) is 9.06. The molecule has 1 aromatic heterocycles. The maximum Gasteiger partial charge on any atom is 0.241 e. The molecule has 6 heteroatoms. The Morgan fingerprint density at radius 3 is 2.91 bits per heavy atom. The molecular formula is C16H20N2O3S. The number of benzene rings is 1. The number of aliphatic hydroxyl groups is 1. The molecule has 2 unspecified atom stereocenters. The predicted octanol–water partition coefficient (Wildman–Crippen LogP) is 2.06. The fourth-order valence-corrected chi connectivity index (χ4v) is 4.39. The number of fused-ring (bicyclic) bond motifs is 1. The van der Waals surface area contributed by atoms with Crippen LogP contribution in [0, 0.1) is 5.92 Å². The minimum absolute atomic E-state index is 0.201. The normalized spacial score (nSPS) is 22.8. The van der Waals surface area contributed by atoms with Gasteiger partial charge < -0.3 is 5.11 Å². The van der Waals surface area contributed by atoms with Crippen molar-refractivity contribution in [3.63, 3.8) is 0 Å². The molecule has 5 nitrogen and oxygen atoms in total. The van der Waals surface area contributed by atoms with E-state index >= 15 is 0 Å². The SMILES string of the molecule is O=S(=O)(NCC1CCCC(O)C1)c1cccc2ncccc12. The van der Waals surface area contributed by atoms with Crippen LogP contribution >= 0.6 is 0 Å². The summed E-state index contributed by atoms with van der Waals surface area (Å²) < 4.78 is 27.8. The van der Waals surface area contributed by atoms with Crippen LogP contribution in [0.5, 0.6) is 0 Å². The number of hydrogen-bond donors (Lipinski definition) is 2. The fourth-order valence-electron chi connectivity index (χ4n) is 3.06. The average molecular weight is 320 g/mol. The lowest BCUT2D eigenvalue weighted by atomic mass is 9.87. The molecule has 2 N–H and O–H groups in total. The second-order valence-electron chi connectivity index (χ2n) is 5.86. The van der Waals surface area contributed by atoms with Crippen LogP contribution in [0.15, 0.2) is 41.4 Å². The van der Waals surface area contributed by atoms with Crippen molar-refractivity contribution in [1.29, 1.82) is 0 Å². The Morgan fingerprint density at radius 2 is 2.09 bits per heavy atom. The summed E-state index contributed by atoms with van der Waals surface area (Å²) in [5.74, 6) is 0.201. The molecule has 3 rings (SSSR count). The van der Waals surface area contributed by atoms with Crippen molar-refractivity contribution in [3.05, 3.63) is 36.5 Å². The molecule has 2 aromatic rings. The smallest absolute Gasteiger partial charge is 0.241 e. The summed E-state index contributed by atoms with van der Waals surface area (Å²) in [5.41, 5.74) is 0.665. The number of hydrogen-bond acceptors (Lipinski definition) is 4. The Labute approximate surface area is 130 Å². The number of rotatable bonds is 4. The van der Waals surface area contributed by atoms with E-state index in [9.17, 15) is 13.5 Å². The van der Waals surface area contributed by atoms with E-state index in [1.54, 1.807) is 36.5 Å². The van der Waals surface area contributed by atoms with Gasteiger partial charge in [0.1, 0.15) is 0 Å². The van der Waals surface area contributed by atoms with Crippen molar-refractivity contribution < 1.29 is 13.5 Å². The molecule has 0 saturated heterocycles. The minimum Gasteiger partial charge on any atom is -0.393 e. The molecule has 2 atom stereocenters. The van der Waals surface area contributed by atoms with Gasteiger partial charge in [-0.1, -0.05) is 12.5 Å². The van der Waals surface area contributed by atoms with Gasteiger partial charge in [0.25, 0.3) is 0 Å². The van der Waals surface area contributed by atoms with Gasteiger partial charge in [0, 0.05) is 18.1 Å². The molecule has 1 fully saturated rings. The first kappa shape index (κ1) is 15.4. The van der Waals surface area contributed by atoms with Gasteiger partial charge in [0.15, 0.2) is 0 Å². The maximum atomic E-state index is 12.6. The van der Waals surface area contributed by atoms with E-state index < -0.39 is 10.0 Å². The molecule has 22 heavy (non-hydrogen) atoms. The van der Waals surface area contributed by atoms with Gasteiger partial charge in [-0.2, -0.15) is 0 Å². The van der Waals surface area contributed by atoms with Crippen LogP contribution in [0.1, 0.15) is 25.7 Å². The first-order valence-electron chi connectivity index (χ1n) is 7.58. The lowest BCUT2D eigenvalue weighted by molar-refractivity contribution is 0.102. The summed E-state index contributed by atoms with van der Waals surface area (Å²) in [4.78, 5) is 4.45. The zero-order chi connectivity index (χ0) is 15.6. The number of pyridine rings is 1. The standard InChI is InChI=1S/C16H20N2O3S/c19-13-5-1-4-12(10-13)11-18-22(20,21)16-8-2-7-15-14(16)6-3-9-17-15/h2-3,6-9,12-13,18-19H,1,4-5,10-11H2. The second-order valence-corrected chi connectivity index (χ2v) is 7.60. The Kier molecular flexibility index (Phi) is 4.42. The summed E-state index contributed by atoms with van der Waals surface area (Å²) in [6, 6.07) is 8.60. The Morgan fingerprint density at radius 1 is 1.23 bits per heavy atom. The average Bonchev–Trinajstić information content (AvgIpc) is 2.52. The lowest BCUT2D eigenvalue weighted by Gasteiger charge is -2.25. The zero-order valence-corrected chi connectivity index (χ0v) is 13.1. The van der Waals surface area contributed by atoms with E-state index in [2.05, 4.69) is 9.71 Å². The van der Waals surface area contributed by atoms with Crippen LogP contribution in [0.25, 0.3) is 10.9 Å². The van der Waals surface area contributed by atoms with Crippen molar-refractivity contribution in [1.82, 2.24) is 9.71 Å². The molecular weight excluding hydrogens is 300 g/mol.